The Kier molecular flexibility index (Phi) is 4.39. The molecule has 4 nitrogen and oxygen atoms in total. The molecule has 1 atom stereocenters. The first kappa shape index (κ1) is 14.5. The van der Waals surface area contributed by atoms with Crippen molar-refractivity contribution >= 4 is 5.69 Å². The molecule has 0 saturated heterocycles. The summed E-state index contributed by atoms with van der Waals surface area (Å²) >= 11 is 0. The molecule has 0 fully saturated rings. The van der Waals surface area contributed by atoms with Crippen LogP contribution in [0.1, 0.15) is 24.1 Å². The summed E-state index contributed by atoms with van der Waals surface area (Å²) in [7, 11) is 5.75. The molecule has 108 valence electrons. The molecule has 0 aliphatic heterocycles. The summed E-state index contributed by atoms with van der Waals surface area (Å²) in [5, 5.41) is 7.58. The van der Waals surface area contributed by atoms with Crippen LogP contribution in [0.2, 0.25) is 0 Å². The molecular formula is C15H21FN4. The predicted octanol–water partition coefficient (Wildman–Crippen LogP) is 2.48. The van der Waals surface area contributed by atoms with Crippen LogP contribution in [0.15, 0.2) is 30.6 Å². The second-order valence-electron chi connectivity index (χ2n) is 5.22. The largest absolute Gasteiger partial charge is 0.377 e. The Balaban J connectivity index is 2.10. The number of nitrogens with one attached hydrogen (secondary N) is 1. The second kappa shape index (κ2) is 6.05. The van der Waals surface area contributed by atoms with Crippen LogP contribution in [-0.2, 0) is 13.6 Å². The summed E-state index contributed by atoms with van der Waals surface area (Å²) in [5.41, 5.74) is 3.12. The van der Waals surface area contributed by atoms with Crippen LogP contribution < -0.4 is 10.2 Å². The number of hydrogen-bond acceptors (Lipinski definition) is 3. The first-order valence-electron chi connectivity index (χ1n) is 6.65. The third-order valence-electron chi connectivity index (χ3n) is 3.31. The van der Waals surface area contributed by atoms with Crippen molar-refractivity contribution in [3.8, 4) is 0 Å². The zero-order valence-corrected chi connectivity index (χ0v) is 12.4. The molecule has 0 aliphatic rings. The van der Waals surface area contributed by atoms with E-state index >= 15 is 0 Å². The van der Waals surface area contributed by atoms with Crippen LogP contribution in [0, 0.1) is 5.82 Å². The molecule has 0 aliphatic carbocycles. The van der Waals surface area contributed by atoms with E-state index in [-0.39, 0.29) is 11.9 Å². The van der Waals surface area contributed by atoms with Crippen molar-refractivity contribution in [2.75, 3.05) is 19.0 Å². The summed E-state index contributed by atoms with van der Waals surface area (Å²) in [5.74, 6) is -0.211. The number of halogens is 1. The lowest BCUT2D eigenvalue weighted by atomic mass is 10.0. The molecule has 5 heteroatoms. The first-order valence-corrected chi connectivity index (χ1v) is 6.65. The van der Waals surface area contributed by atoms with Crippen LogP contribution >= 0.6 is 0 Å². The van der Waals surface area contributed by atoms with E-state index in [4.69, 9.17) is 0 Å². The highest BCUT2D eigenvalue weighted by atomic mass is 19.1. The van der Waals surface area contributed by atoms with E-state index < -0.39 is 0 Å². The number of hydrogen-bond donors (Lipinski definition) is 1. The smallest absolute Gasteiger partial charge is 0.125 e. The highest BCUT2D eigenvalue weighted by Gasteiger charge is 2.13. The average Bonchev–Trinajstić information content (AvgIpc) is 2.81. The van der Waals surface area contributed by atoms with Gasteiger partial charge in [0.2, 0.25) is 0 Å². The Hall–Kier alpha value is -1.88. The maximum atomic E-state index is 13.4. The summed E-state index contributed by atoms with van der Waals surface area (Å²) < 4.78 is 15.1. The Morgan fingerprint density at radius 3 is 2.75 bits per heavy atom. The van der Waals surface area contributed by atoms with Gasteiger partial charge in [-0.25, -0.2) is 4.39 Å². The van der Waals surface area contributed by atoms with E-state index in [9.17, 15) is 4.39 Å². The van der Waals surface area contributed by atoms with Gasteiger partial charge < -0.3 is 10.2 Å². The molecular weight excluding hydrogens is 255 g/mol. The predicted molar refractivity (Wildman–Crippen MR) is 79.2 cm³/mol. The highest BCUT2D eigenvalue weighted by molar-refractivity contribution is 5.54. The standard InChI is InChI=1S/C15H21FN4/c1-11(17-8-12-9-18-20(4)10-12)14-6-5-13(16)7-15(14)19(2)3/h5-7,9-11,17H,8H2,1-4H3/t11-/m1/s1. The minimum atomic E-state index is -0.211. The maximum Gasteiger partial charge on any atom is 0.125 e. The fraction of sp³-hybridized carbons (Fsp3) is 0.400. The Labute approximate surface area is 119 Å². The van der Waals surface area contributed by atoms with Gasteiger partial charge in [0.05, 0.1) is 6.20 Å². The molecule has 0 unspecified atom stereocenters. The number of aryl methyl sites for hydroxylation is 1. The van der Waals surface area contributed by atoms with E-state index in [0.29, 0.717) is 0 Å². The summed E-state index contributed by atoms with van der Waals surface area (Å²) in [6.07, 6.45) is 3.83. The van der Waals surface area contributed by atoms with Gasteiger partial charge in [-0.1, -0.05) is 6.07 Å². The SMILES string of the molecule is C[C@@H](NCc1cnn(C)c1)c1ccc(F)cc1N(C)C. The van der Waals surface area contributed by atoms with Crippen molar-refractivity contribution < 1.29 is 4.39 Å². The van der Waals surface area contributed by atoms with Crippen LogP contribution in [0.4, 0.5) is 10.1 Å². The average molecular weight is 276 g/mol. The molecule has 0 saturated carbocycles. The van der Waals surface area contributed by atoms with Crippen molar-refractivity contribution in [1.29, 1.82) is 0 Å². The summed E-state index contributed by atoms with van der Waals surface area (Å²) in [6, 6.07) is 5.04. The summed E-state index contributed by atoms with van der Waals surface area (Å²) in [4.78, 5) is 1.93. The Morgan fingerprint density at radius 2 is 2.15 bits per heavy atom. The first-order chi connectivity index (χ1) is 9.47. The third kappa shape index (κ3) is 3.36. The zero-order chi connectivity index (χ0) is 14.7. The van der Waals surface area contributed by atoms with Crippen LogP contribution in [0.3, 0.4) is 0 Å². The molecule has 1 aromatic heterocycles. The van der Waals surface area contributed by atoms with Crippen LogP contribution in [0.25, 0.3) is 0 Å². The van der Waals surface area contributed by atoms with Crippen LogP contribution in [0.5, 0.6) is 0 Å². The molecule has 0 bridgehead atoms. The molecule has 2 rings (SSSR count). The number of nitrogens with zero attached hydrogens (tertiary/aromatic N) is 3. The molecule has 1 aromatic carbocycles. The normalized spacial score (nSPS) is 12.4. The zero-order valence-electron chi connectivity index (χ0n) is 12.4. The van der Waals surface area contributed by atoms with Gasteiger partial charge in [0.25, 0.3) is 0 Å². The van der Waals surface area contributed by atoms with Crippen molar-refractivity contribution in [1.82, 2.24) is 15.1 Å². The van der Waals surface area contributed by atoms with Gasteiger partial charge >= 0.3 is 0 Å². The third-order valence-corrected chi connectivity index (χ3v) is 3.31. The molecule has 0 radical (unpaired) electrons. The number of anilines is 1. The lowest BCUT2D eigenvalue weighted by molar-refractivity contribution is 0.570. The van der Waals surface area contributed by atoms with Gasteiger partial charge in [-0.3, -0.25) is 4.68 Å². The molecule has 0 amide bonds. The van der Waals surface area contributed by atoms with E-state index in [0.717, 1.165) is 23.4 Å². The molecule has 0 spiro atoms. The van der Waals surface area contributed by atoms with Gasteiger partial charge in [-0.15, -0.1) is 0 Å². The maximum absolute atomic E-state index is 13.4. The second-order valence-corrected chi connectivity index (χ2v) is 5.22. The van der Waals surface area contributed by atoms with Crippen molar-refractivity contribution in [2.45, 2.75) is 19.5 Å². The fourth-order valence-corrected chi connectivity index (χ4v) is 2.21. The number of aromatic nitrogens is 2. The Bertz CT molecular complexity index is 577. The van der Waals surface area contributed by atoms with Gasteiger partial charge in [-0.2, -0.15) is 5.10 Å². The summed E-state index contributed by atoms with van der Waals surface area (Å²) in [6.45, 7) is 2.82. The van der Waals surface area contributed by atoms with Crippen molar-refractivity contribution in [3.05, 3.63) is 47.5 Å². The monoisotopic (exact) mass is 276 g/mol. The van der Waals surface area contributed by atoms with E-state index in [2.05, 4.69) is 17.3 Å². The van der Waals surface area contributed by atoms with E-state index in [1.807, 2.05) is 44.5 Å². The molecule has 1 heterocycles. The lowest BCUT2D eigenvalue weighted by Gasteiger charge is -2.22. The molecule has 1 N–H and O–H groups in total. The highest BCUT2D eigenvalue weighted by Crippen LogP contribution is 2.26. The minimum Gasteiger partial charge on any atom is -0.377 e. The fourth-order valence-electron chi connectivity index (χ4n) is 2.21. The number of rotatable bonds is 5. The van der Waals surface area contributed by atoms with Crippen molar-refractivity contribution in [3.63, 3.8) is 0 Å². The molecule has 2 aromatic rings. The van der Waals surface area contributed by atoms with E-state index in [1.165, 1.54) is 6.07 Å². The van der Waals surface area contributed by atoms with Crippen molar-refractivity contribution in [2.24, 2.45) is 7.05 Å². The van der Waals surface area contributed by atoms with E-state index in [1.54, 1.807) is 10.7 Å². The Morgan fingerprint density at radius 1 is 1.40 bits per heavy atom. The lowest BCUT2D eigenvalue weighted by Crippen LogP contribution is -2.21. The topological polar surface area (TPSA) is 33.1 Å². The molecule has 20 heavy (non-hydrogen) atoms. The van der Waals surface area contributed by atoms with Gasteiger partial charge in [0.15, 0.2) is 0 Å². The van der Waals surface area contributed by atoms with Gasteiger partial charge in [-0.05, 0) is 24.6 Å². The minimum absolute atomic E-state index is 0.133. The van der Waals surface area contributed by atoms with Gasteiger partial charge in [0, 0.05) is 51.2 Å². The van der Waals surface area contributed by atoms with Gasteiger partial charge in [0.1, 0.15) is 5.82 Å². The van der Waals surface area contributed by atoms with Crippen LogP contribution in [-0.4, -0.2) is 23.9 Å². The number of benzene rings is 1. The quantitative estimate of drug-likeness (QED) is 0.910.